The van der Waals surface area contributed by atoms with E-state index in [0.717, 1.165) is 58.2 Å². The van der Waals surface area contributed by atoms with Crippen LogP contribution in [0.1, 0.15) is 52.6 Å². The predicted octanol–water partition coefficient (Wildman–Crippen LogP) is 4.94. The van der Waals surface area contributed by atoms with Crippen molar-refractivity contribution in [3.05, 3.63) is 94.0 Å². The Labute approximate surface area is 189 Å². The van der Waals surface area contributed by atoms with Gasteiger partial charge in [-0.3, -0.25) is 0 Å². The summed E-state index contributed by atoms with van der Waals surface area (Å²) in [5.41, 5.74) is 7.34. The lowest BCUT2D eigenvalue weighted by Crippen LogP contribution is -2.07. The Morgan fingerprint density at radius 1 is 0.719 bits per heavy atom. The normalized spacial score (nSPS) is 11.8. The van der Waals surface area contributed by atoms with Crippen LogP contribution in [0.25, 0.3) is 11.1 Å². The molecule has 0 unspecified atom stereocenters. The summed E-state index contributed by atoms with van der Waals surface area (Å²) in [6.07, 6.45) is 2.39. The maximum absolute atomic E-state index is 10.2. The van der Waals surface area contributed by atoms with Crippen molar-refractivity contribution in [2.75, 3.05) is 0 Å². The Bertz CT molecular complexity index is 1190. The molecule has 4 rings (SSSR count). The summed E-state index contributed by atoms with van der Waals surface area (Å²) in [4.78, 5) is 0. The molecule has 1 aliphatic rings. The van der Waals surface area contributed by atoms with E-state index in [4.69, 9.17) is 4.74 Å². The SMILES string of the molecule is OCc1c(C#CCCCC#Cc2ccccc2)c2c(c(-c3ccccc3)c1CO)COC2. The minimum atomic E-state index is -0.171. The van der Waals surface area contributed by atoms with Gasteiger partial charge in [-0.15, -0.1) is 0 Å². The largest absolute Gasteiger partial charge is 0.392 e. The van der Waals surface area contributed by atoms with Gasteiger partial charge in [-0.05, 0) is 51.9 Å². The molecule has 1 aliphatic heterocycles. The average Bonchev–Trinajstić information content (AvgIpc) is 3.33. The van der Waals surface area contributed by atoms with E-state index in [1.807, 2.05) is 60.7 Å². The molecule has 160 valence electrons. The number of hydrogen-bond acceptors (Lipinski definition) is 3. The van der Waals surface area contributed by atoms with Gasteiger partial charge in [0.15, 0.2) is 0 Å². The van der Waals surface area contributed by atoms with E-state index in [-0.39, 0.29) is 13.2 Å². The van der Waals surface area contributed by atoms with Gasteiger partial charge in [-0.2, -0.15) is 0 Å². The highest BCUT2D eigenvalue weighted by Gasteiger charge is 2.26. The van der Waals surface area contributed by atoms with Crippen molar-refractivity contribution in [2.24, 2.45) is 0 Å². The van der Waals surface area contributed by atoms with Crippen molar-refractivity contribution >= 4 is 0 Å². The van der Waals surface area contributed by atoms with Crippen molar-refractivity contribution < 1.29 is 14.9 Å². The number of fused-ring (bicyclic) bond motifs is 1. The summed E-state index contributed by atoms with van der Waals surface area (Å²) in [7, 11) is 0. The Balaban J connectivity index is 1.58. The predicted molar refractivity (Wildman–Crippen MR) is 126 cm³/mol. The Morgan fingerprint density at radius 3 is 2.03 bits per heavy atom. The van der Waals surface area contributed by atoms with Crippen molar-refractivity contribution in [2.45, 2.75) is 45.7 Å². The maximum Gasteiger partial charge on any atom is 0.0737 e. The number of aliphatic hydroxyl groups is 2. The first-order chi connectivity index (χ1) is 15.8. The van der Waals surface area contributed by atoms with Crippen LogP contribution >= 0.6 is 0 Å². The van der Waals surface area contributed by atoms with Gasteiger partial charge in [-0.1, -0.05) is 72.2 Å². The molecular weight excluding hydrogens is 396 g/mol. The highest BCUT2D eigenvalue weighted by atomic mass is 16.5. The minimum Gasteiger partial charge on any atom is -0.392 e. The zero-order valence-electron chi connectivity index (χ0n) is 18.0. The maximum atomic E-state index is 10.2. The number of unbranched alkanes of at least 4 members (excludes halogenated alkanes) is 2. The second-order valence-electron chi connectivity index (χ2n) is 7.66. The topological polar surface area (TPSA) is 49.7 Å². The van der Waals surface area contributed by atoms with Crippen LogP contribution in [0.4, 0.5) is 0 Å². The summed E-state index contributed by atoms with van der Waals surface area (Å²) in [5, 5.41) is 20.4. The Morgan fingerprint density at radius 2 is 1.34 bits per heavy atom. The van der Waals surface area contributed by atoms with Crippen molar-refractivity contribution in [1.29, 1.82) is 0 Å². The van der Waals surface area contributed by atoms with Gasteiger partial charge in [0, 0.05) is 24.0 Å². The van der Waals surface area contributed by atoms with Crippen LogP contribution in [0.3, 0.4) is 0 Å². The average molecular weight is 423 g/mol. The van der Waals surface area contributed by atoms with E-state index in [9.17, 15) is 10.2 Å². The number of rotatable bonds is 5. The third-order valence-electron chi connectivity index (χ3n) is 5.63. The fourth-order valence-corrected chi connectivity index (χ4v) is 4.10. The lowest BCUT2D eigenvalue weighted by atomic mass is 9.85. The molecule has 0 aliphatic carbocycles. The molecular formula is C29H26O3. The van der Waals surface area contributed by atoms with Crippen LogP contribution in [0, 0.1) is 23.7 Å². The first kappa shape index (κ1) is 21.9. The molecule has 0 fully saturated rings. The monoisotopic (exact) mass is 422 g/mol. The van der Waals surface area contributed by atoms with Crippen molar-refractivity contribution in [3.63, 3.8) is 0 Å². The van der Waals surface area contributed by atoms with E-state index < -0.39 is 0 Å². The summed E-state index contributed by atoms with van der Waals surface area (Å²) < 4.78 is 5.77. The van der Waals surface area contributed by atoms with Crippen LogP contribution in [0.15, 0.2) is 60.7 Å². The van der Waals surface area contributed by atoms with Gasteiger partial charge in [-0.25, -0.2) is 0 Å². The molecule has 1 heterocycles. The van der Waals surface area contributed by atoms with Gasteiger partial charge in [0.05, 0.1) is 26.4 Å². The molecule has 0 saturated heterocycles. The third kappa shape index (κ3) is 4.77. The summed E-state index contributed by atoms with van der Waals surface area (Å²) >= 11 is 0. The molecule has 3 aromatic rings. The van der Waals surface area contributed by atoms with Crippen LogP contribution in [-0.2, 0) is 31.2 Å². The van der Waals surface area contributed by atoms with Gasteiger partial charge in [0.1, 0.15) is 0 Å². The zero-order chi connectivity index (χ0) is 22.2. The summed E-state index contributed by atoms with van der Waals surface area (Å²) in [6, 6.07) is 19.9. The third-order valence-corrected chi connectivity index (χ3v) is 5.63. The Kier molecular flexibility index (Phi) is 7.38. The standard InChI is InChI=1S/C29H26O3/c30-18-25-24(17-11-3-1-2-6-12-22-13-7-4-8-14-22)27-20-32-21-28(27)29(26(25)19-31)23-15-9-5-10-16-23/h4-5,7-10,13-16,30-31H,1-3,18-21H2. The fraction of sp³-hybridized carbons (Fsp3) is 0.241. The molecule has 0 spiro atoms. The van der Waals surface area contributed by atoms with Gasteiger partial charge < -0.3 is 14.9 Å². The first-order valence-electron chi connectivity index (χ1n) is 10.9. The molecule has 3 nitrogen and oxygen atoms in total. The second kappa shape index (κ2) is 10.8. The number of aliphatic hydroxyl groups excluding tert-OH is 2. The molecule has 2 N–H and O–H groups in total. The highest BCUT2D eigenvalue weighted by molar-refractivity contribution is 5.77. The van der Waals surface area contributed by atoms with Crippen LogP contribution < -0.4 is 0 Å². The van der Waals surface area contributed by atoms with Gasteiger partial charge in [0.25, 0.3) is 0 Å². The minimum absolute atomic E-state index is 0.156. The molecule has 3 aromatic carbocycles. The zero-order valence-corrected chi connectivity index (χ0v) is 18.0. The van der Waals surface area contributed by atoms with Gasteiger partial charge in [0.2, 0.25) is 0 Å². The van der Waals surface area contributed by atoms with Crippen LogP contribution in [-0.4, -0.2) is 10.2 Å². The van der Waals surface area contributed by atoms with Crippen LogP contribution in [0.2, 0.25) is 0 Å². The fourth-order valence-electron chi connectivity index (χ4n) is 4.10. The van der Waals surface area contributed by atoms with E-state index in [0.29, 0.717) is 18.8 Å². The van der Waals surface area contributed by atoms with E-state index in [1.54, 1.807) is 0 Å². The van der Waals surface area contributed by atoms with Gasteiger partial charge >= 0.3 is 0 Å². The molecule has 0 saturated carbocycles. The summed E-state index contributed by atoms with van der Waals surface area (Å²) in [5.74, 6) is 12.9. The first-order valence-corrected chi connectivity index (χ1v) is 10.9. The second-order valence-corrected chi connectivity index (χ2v) is 7.66. The molecule has 0 atom stereocenters. The molecule has 3 heteroatoms. The number of ether oxygens (including phenoxy) is 1. The molecule has 0 aromatic heterocycles. The summed E-state index contributed by atoms with van der Waals surface area (Å²) in [6.45, 7) is 0.634. The van der Waals surface area contributed by atoms with E-state index >= 15 is 0 Å². The van der Waals surface area contributed by atoms with Crippen molar-refractivity contribution in [3.8, 4) is 34.8 Å². The number of benzene rings is 3. The van der Waals surface area contributed by atoms with Crippen molar-refractivity contribution in [1.82, 2.24) is 0 Å². The molecule has 0 bridgehead atoms. The van der Waals surface area contributed by atoms with Crippen LogP contribution in [0.5, 0.6) is 0 Å². The van der Waals surface area contributed by atoms with E-state index in [1.165, 1.54) is 0 Å². The lowest BCUT2D eigenvalue weighted by Gasteiger charge is -2.19. The number of hydrogen-bond donors (Lipinski definition) is 2. The Hall–Kier alpha value is -3.34. The quantitative estimate of drug-likeness (QED) is 0.452. The lowest BCUT2D eigenvalue weighted by molar-refractivity contribution is 0.134. The smallest absolute Gasteiger partial charge is 0.0737 e. The van der Waals surface area contributed by atoms with E-state index in [2.05, 4.69) is 23.7 Å². The highest BCUT2D eigenvalue weighted by Crippen LogP contribution is 2.39. The molecule has 0 radical (unpaired) electrons. The molecule has 32 heavy (non-hydrogen) atoms. The molecule has 0 amide bonds.